The summed E-state index contributed by atoms with van der Waals surface area (Å²) in [6, 6.07) is 5.30. The van der Waals surface area contributed by atoms with Crippen molar-refractivity contribution < 1.29 is 0 Å². The predicted octanol–water partition coefficient (Wildman–Crippen LogP) is 5.23. The van der Waals surface area contributed by atoms with E-state index in [0.717, 1.165) is 12.5 Å². The quantitative estimate of drug-likeness (QED) is 0.748. The third kappa shape index (κ3) is 3.85. The minimum atomic E-state index is 0.542. The van der Waals surface area contributed by atoms with E-state index in [1.54, 1.807) is 0 Å². The second-order valence-electron chi connectivity index (χ2n) is 6.63. The number of rotatable bonds is 6. The molecule has 1 atom stereocenters. The Morgan fingerprint density at radius 1 is 1.05 bits per heavy atom. The third-order valence-corrected chi connectivity index (χ3v) is 5.05. The average molecular weight is 273 g/mol. The fraction of sp³-hybridized carbons (Fsp3) is 0.684. The van der Waals surface area contributed by atoms with Gasteiger partial charge in [0.15, 0.2) is 0 Å². The lowest BCUT2D eigenvalue weighted by atomic mass is 9.90. The summed E-state index contributed by atoms with van der Waals surface area (Å²) < 4.78 is 0. The van der Waals surface area contributed by atoms with E-state index in [1.807, 2.05) is 0 Å². The van der Waals surface area contributed by atoms with Crippen molar-refractivity contribution in [3.63, 3.8) is 0 Å². The first-order chi connectivity index (χ1) is 9.61. The molecule has 1 fully saturated rings. The maximum absolute atomic E-state index is 3.71. The minimum Gasteiger partial charge on any atom is -0.310 e. The fourth-order valence-electron chi connectivity index (χ4n) is 3.67. The molecule has 1 N–H and O–H groups in total. The molecule has 0 aliphatic heterocycles. The van der Waals surface area contributed by atoms with Crippen LogP contribution in [0.15, 0.2) is 12.1 Å². The predicted molar refractivity (Wildman–Crippen MR) is 88.3 cm³/mol. The first kappa shape index (κ1) is 15.6. The summed E-state index contributed by atoms with van der Waals surface area (Å²) in [7, 11) is 0. The van der Waals surface area contributed by atoms with E-state index >= 15 is 0 Å². The van der Waals surface area contributed by atoms with Gasteiger partial charge in [-0.15, -0.1) is 0 Å². The lowest BCUT2D eigenvalue weighted by molar-refractivity contribution is 0.416. The van der Waals surface area contributed by atoms with Crippen molar-refractivity contribution in [3.05, 3.63) is 34.4 Å². The number of hydrogen-bond acceptors (Lipinski definition) is 1. The average Bonchev–Trinajstić information content (AvgIpc) is 2.92. The molecule has 1 aromatic carbocycles. The van der Waals surface area contributed by atoms with E-state index in [9.17, 15) is 0 Å². The molecule has 20 heavy (non-hydrogen) atoms. The molecule has 0 heterocycles. The van der Waals surface area contributed by atoms with Crippen LogP contribution in [0.2, 0.25) is 0 Å². The van der Waals surface area contributed by atoms with E-state index in [0.29, 0.717) is 6.04 Å². The highest BCUT2D eigenvalue weighted by Crippen LogP contribution is 2.32. The van der Waals surface area contributed by atoms with Gasteiger partial charge in [-0.1, -0.05) is 44.7 Å². The first-order valence-electron chi connectivity index (χ1n) is 8.43. The largest absolute Gasteiger partial charge is 0.310 e. The Balaban J connectivity index is 2.08. The van der Waals surface area contributed by atoms with Crippen LogP contribution >= 0.6 is 0 Å². The van der Waals surface area contributed by atoms with Gasteiger partial charge in [-0.25, -0.2) is 0 Å². The fourth-order valence-corrected chi connectivity index (χ4v) is 3.67. The topological polar surface area (TPSA) is 12.0 Å². The van der Waals surface area contributed by atoms with Crippen LogP contribution in [0.3, 0.4) is 0 Å². The van der Waals surface area contributed by atoms with E-state index in [1.165, 1.54) is 60.8 Å². The molecule has 1 unspecified atom stereocenters. The van der Waals surface area contributed by atoms with Crippen LogP contribution in [-0.4, -0.2) is 6.54 Å². The molecular formula is C19H31N. The highest BCUT2D eigenvalue weighted by Gasteiger charge is 2.19. The summed E-state index contributed by atoms with van der Waals surface area (Å²) >= 11 is 0. The Labute approximate surface area is 125 Å². The highest BCUT2D eigenvalue weighted by atomic mass is 14.9. The zero-order chi connectivity index (χ0) is 14.5. The van der Waals surface area contributed by atoms with Gasteiger partial charge in [0, 0.05) is 6.04 Å². The van der Waals surface area contributed by atoms with Crippen LogP contribution < -0.4 is 5.32 Å². The van der Waals surface area contributed by atoms with Gasteiger partial charge in [0.1, 0.15) is 0 Å². The van der Waals surface area contributed by atoms with Gasteiger partial charge in [-0.05, 0) is 68.3 Å². The van der Waals surface area contributed by atoms with Crippen LogP contribution in [-0.2, 0) is 0 Å². The molecule has 0 radical (unpaired) electrons. The van der Waals surface area contributed by atoms with Crippen LogP contribution in [0.1, 0.15) is 73.7 Å². The Morgan fingerprint density at radius 2 is 1.70 bits per heavy atom. The van der Waals surface area contributed by atoms with Gasteiger partial charge in [0.25, 0.3) is 0 Å². The summed E-state index contributed by atoms with van der Waals surface area (Å²) in [6.45, 7) is 9.99. The van der Waals surface area contributed by atoms with E-state index < -0.39 is 0 Å². The second kappa shape index (κ2) is 7.26. The maximum atomic E-state index is 3.71. The molecule has 112 valence electrons. The van der Waals surface area contributed by atoms with Gasteiger partial charge >= 0.3 is 0 Å². The van der Waals surface area contributed by atoms with E-state index in [-0.39, 0.29) is 0 Å². The van der Waals surface area contributed by atoms with Crippen LogP contribution in [0, 0.1) is 26.7 Å². The standard InChI is InChI=1S/C19H31N/c1-5-20-19(11-10-17-8-6-7-9-17)18-13-15(3)14(2)12-16(18)4/h12-13,17,19-20H,5-11H2,1-4H3. The normalized spacial score (nSPS) is 17.6. The summed E-state index contributed by atoms with van der Waals surface area (Å²) in [4.78, 5) is 0. The van der Waals surface area contributed by atoms with Gasteiger partial charge in [0.2, 0.25) is 0 Å². The molecule has 1 aliphatic carbocycles. The summed E-state index contributed by atoms with van der Waals surface area (Å²) in [5, 5.41) is 3.71. The van der Waals surface area contributed by atoms with Crippen LogP contribution in [0.4, 0.5) is 0 Å². The van der Waals surface area contributed by atoms with Crippen molar-refractivity contribution in [1.82, 2.24) is 5.32 Å². The molecule has 2 rings (SSSR count). The number of benzene rings is 1. The smallest absolute Gasteiger partial charge is 0.0322 e. The Kier molecular flexibility index (Phi) is 5.65. The second-order valence-corrected chi connectivity index (χ2v) is 6.63. The van der Waals surface area contributed by atoms with Crippen molar-refractivity contribution >= 4 is 0 Å². The molecule has 1 aromatic rings. The van der Waals surface area contributed by atoms with Crippen LogP contribution in [0.5, 0.6) is 0 Å². The van der Waals surface area contributed by atoms with E-state index in [2.05, 4.69) is 45.1 Å². The zero-order valence-electron chi connectivity index (χ0n) is 13.8. The third-order valence-electron chi connectivity index (χ3n) is 5.05. The van der Waals surface area contributed by atoms with Gasteiger partial charge < -0.3 is 5.32 Å². The molecule has 1 saturated carbocycles. The minimum absolute atomic E-state index is 0.542. The lowest BCUT2D eigenvalue weighted by Crippen LogP contribution is -2.22. The molecule has 0 bridgehead atoms. The maximum Gasteiger partial charge on any atom is 0.0322 e. The molecule has 1 aliphatic rings. The highest BCUT2D eigenvalue weighted by molar-refractivity contribution is 5.38. The summed E-state index contributed by atoms with van der Waals surface area (Å²) in [6.07, 6.45) is 8.53. The van der Waals surface area contributed by atoms with Crippen molar-refractivity contribution in [2.45, 2.75) is 72.3 Å². The number of aryl methyl sites for hydroxylation is 3. The van der Waals surface area contributed by atoms with E-state index in [4.69, 9.17) is 0 Å². The van der Waals surface area contributed by atoms with Crippen LogP contribution in [0.25, 0.3) is 0 Å². The first-order valence-corrected chi connectivity index (χ1v) is 8.43. The lowest BCUT2D eigenvalue weighted by Gasteiger charge is -2.23. The van der Waals surface area contributed by atoms with Gasteiger partial charge in [-0.2, -0.15) is 0 Å². The van der Waals surface area contributed by atoms with Crippen molar-refractivity contribution in [2.75, 3.05) is 6.54 Å². The molecule has 1 nitrogen and oxygen atoms in total. The molecule has 0 spiro atoms. The SMILES string of the molecule is CCNC(CCC1CCCC1)c1cc(C)c(C)cc1C. The molecule has 0 amide bonds. The Morgan fingerprint density at radius 3 is 2.35 bits per heavy atom. The Hall–Kier alpha value is -0.820. The van der Waals surface area contributed by atoms with Crippen molar-refractivity contribution in [1.29, 1.82) is 0 Å². The molecule has 0 saturated heterocycles. The molecule has 0 aromatic heterocycles. The summed E-state index contributed by atoms with van der Waals surface area (Å²) in [5.41, 5.74) is 5.81. The van der Waals surface area contributed by atoms with Crippen molar-refractivity contribution in [2.24, 2.45) is 5.92 Å². The number of hydrogen-bond donors (Lipinski definition) is 1. The Bertz CT molecular complexity index is 430. The molecule has 1 heteroatoms. The zero-order valence-corrected chi connectivity index (χ0v) is 13.8. The number of nitrogens with one attached hydrogen (secondary N) is 1. The van der Waals surface area contributed by atoms with Gasteiger partial charge in [0.05, 0.1) is 0 Å². The monoisotopic (exact) mass is 273 g/mol. The van der Waals surface area contributed by atoms with Gasteiger partial charge in [-0.3, -0.25) is 0 Å². The van der Waals surface area contributed by atoms with Crippen molar-refractivity contribution in [3.8, 4) is 0 Å². The molecular weight excluding hydrogens is 242 g/mol. The summed E-state index contributed by atoms with van der Waals surface area (Å²) in [5.74, 6) is 0.989.